The Bertz CT molecular complexity index is 640. The van der Waals surface area contributed by atoms with Crippen molar-refractivity contribution in [2.45, 2.75) is 13.8 Å². The average molecular weight is 430 g/mol. The molecule has 0 unspecified atom stereocenters. The number of benzene rings is 2. The average Bonchev–Trinajstić information content (AvgIpc) is 2.36. The van der Waals surface area contributed by atoms with Gasteiger partial charge >= 0.3 is 0 Å². The minimum absolute atomic E-state index is 0.0834. The lowest BCUT2D eigenvalue weighted by Gasteiger charge is -2.09. The highest BCUT2D eigenvalue weighted by molar-refractivity contribution is 14.1. The van der Waals surface area contributed by atoms with Crippen molar-refractivity contribution in [2.24, 2.45) is 0 Å². The van der Waals surface area contributed by atoms with Gasteiger partial charge in [0, 0.05) is 19.3 Å². The number of aryl methyl sites for hydroxylation is 2. The molecule has 1 amide bonds. The summed E-state index contributed by atoms with van der Waals surface area (Å²) in [6, 6.07) is 11.5. The minimum Gasteiger partial charge on any atom is -0.322 e. The normalized spacial score (nSPS) is 10.3. The SMILES string of the molecule is Cc1cc(C(=O)Nc2ccc(I)cc2C)ccc1Br. The predicted molar refractivity (Wildman–Crippen MR) is 90.7 cm³/mol. The van der Waals surface area contributed by atoms with Crippen molar-refractivity contribution in [1.29, 1.82) is 0 Å². The highest BCUT2D eigenvalue weighted by Crippen LogP contribution is 2.20. The first-order chi connectivity index (χ1) is 8.97. The number of hydrogen-bond acceptors (Lipinski definition) is 1. The molecule has 0 aliphatic rings. The summed E-state index contributed by atoms with van der Waals surface area (Å²) in [6.45, 7) is 3.96. The molecule has 2 aromatic carbocycles. The van der Waals surface area contributed by atoms with Crippen molar-refractivity contribution < 1.29 is 4.79 Å². The van der Waals surface area contributed by atoms with Gasteiger partial charge in [-0.05, 0) is 84.0 Å². The maximum atomic E-state index is 12.2. The van der Waals surface area contributed by atoms with E-state index in [0.29, 0.717) is 5.56 Å². The Labute approximate surface area is 134 Å². The van der Waals surface area contributed by atoms with Gasteiger partial charge in [0.25, 0.3) is 5.91 Å². The van der Waals surface area contributed by atoms with Gasteiger partial charge in [-0.3, -0.25) is 4.79 Å². The lowest BCUT2D eigenvalue weighted by Crippen LogP contribution is -2.13. The highest BCUT2D eigenvalue weighted by Gasteiger charge is 2.09. The molecular weight excluding hydrogens is 417 g/mol. The molecule has 0 aliphatic carbocycles. The van der Waals surface area contributed by atoms with E-state index in [9.17, 15) is 4.79 Å². The fourth-order valence-corrected chi connectivity index (χ4v) is 2.64. The summed E-state index contributed by atoms with van der Waals surface area (Å²) in [5.41, 5.74) is 3.63. The van der Waals surface area contributed by atoms with Crippen molar-refractivity contribution in [3.05, 3.63) is 61.1 Å². The fourth-order valence-electron chi connectivity index (χ4n) is 1.75. The maximum absolute atomic E-state index is 12.2. The Morgan fingerprint density at radius 1 is 1.11 bits per heavy atom. The van der Waals surface area contributed by atoms with Crippen LogP contribution >= 0.6 is 38.5 Å². The second-order valence-corrected chi connectivity index (χ2v) is 6.48. The number of nitrogens with one attached hydrogen (secondary N) is 1. The molecule has 0 spiro atoms. The number of halogens is 2. The van der Waals surface area contributed by atoms with Crippen molar-refractivity contribution in [2.75, 3.05) is 5.32 Å². The lowest BCUT2D eigenvalue weighted by molar-refractivity contribution is 0.102. The molecule has 2 nitrogen and oxygen atoms in total. The van der Waals surface area contributed by atoms with Crippen LogP contribution < -0.4 is 5.32 Å². The Hall–Kier alpha value is -0.880. The molecule has 0 aromatic heterocycles. The molecule has 0 bridgehead atoms. The van der Waals surface area contributed by atoms with Gasteiger partial charge in [0.2, 0.25) is 0 Å². The summed E-state index contributed by atoms with van der Waals surface area (Å²) in [7, 11) is 0. The van der Waals surface area contributed by atoms with E-state index in [-0.39, 0.29) is 5.91 Å². The van der Waals surface area contributed by atoms with E-state index in [1.165, 1.54) is 0 Å². The third-order valence-electron chi connectivity index (χ3n) is 2.86. The largest absolute Gasteiger partial charge is 0.322 e. The van der Waals surface area contributed by atoms with Crippen LogP contribution in [0.1, 0.15) is 21.5 Å². The Balaban J connectivity index is 2.23. The third kappa shape index (κ3) is 3.57. The van der Waals surface area contributed by atoms with Crippen molar-refractivity contribution >= 4 is 50.1 Å². The lowest BCUT2D eigenvalue weighted by atomic mass is 10.1. The first-order valence-corrected chi connectivity index (χ1v) is 7.68. The molecule has 0 radical (unpaired) electrons. The first kappa shape index (κ1) is 14.5. The zero-order chi connectivity index (χ0) is 14.0. The summed E-state index contributed by atoms with van der Waals surface area (Å²) in [5, 5.41) is 2.94. The molecule has 1 N–H and O–H groups in total. The van der Waals surface area contributed by atoms with Crippen LogP contribution in [-0.2, 0) is 0 Å². The summed E-state index contributed by atoms with van der Waals surface area (Å²) >= 11 is 5.69. The molecule has 0 atom stereocenters. The molecule has 0 heterocycles. The quantitative estimate of drug-likeness (QED) is 0.674. The number of hydrogen-bond donors (Lipinski definition) is 1. The Kier molecular flexibility index (Phi) is 4.62. The molecule has 0 fully saturated rings. The van der Waals surface area contributed by atoms with Gasteiger partial charge in [-0.15, -0.1) is 0 Å². The van der Waals surface area contributed by atoms with Crippen LogP contribution in [0, 0.1) is 17.4 Å². The van der Waals surface area contributed by atoms with Gasteiger partial charge in [0.15, 0.2) is 0 Å². The van der Waals surface area contributed by atoms with Gasteiger partial charge < -0.3 is 5.32 Å². The second-order valence-electron chi connectivity index (χ2n) is 4.38. The van der Waals surface area contributed by atoms with Gasteiger partial charge in [0.1, 0.15) is 0 Å². The molecule has 4 heteroatoms. The van der Waals surface area contributed by atoms with Gasteiger partial charge in [0.05, 0.1) is 0 Å². The molecule has 0 saturated carbocycles. The van der Waals surface area contributed by atoms with E-state index in [4.69, 9.17) is 0 Å². The molecule has 2 aromatic rings. The minimum atomic E-state index is -0.0834. The number of carbonyl (C=O) groups is 1. The number of amides is 1. The monoisotopic (exact) mass is 429 g/mol. The third-order valence-corrected chi connectivity index (χ3v) is 4.42. The van der Waals surface area contributed by atoms with Gasteiger partial charge in [-0.1, -0.05) is 15.9 Å². The van der Waals surface area contributed by atoms with Crippen LogP contribution in [0.5, 0.6) is 0 Å². The second kappa shape index (κ2) is 6.05. The highest BCUT2D eigenvalue weighted by atomic mass is 127. The van der Waals surface area contributed by atoms with Crippen LogP contribution in [0.3, 0.4) is 0 Å². The van der Waals surface area contributed by atoms with Crippen LogP contribution in [0.25, 0.3) is 0 Å². The maximum Gasteiger partial charge on any atom is 0.255 e. The molecule has 19 heavy (non-hydrogen) atoms. The van der Waals surface area contributed by atoms with E-state index in [1.54, 1.807) is 0 Å². The standard InChI is InChI=1S/C15H13BrINO/c1-9-7-11(3-5-13(9)16)15(19)18-14-6-4-12(17)8-10(14)2/h3-8H,1-2H3,(H,18,19). The number of anilines is 1. The number of carbonyl (C=O) groups excluding carboxylic acids is 1. The van der Waals surface area contributed by atoms with E-state index in [1.807, 2.05) is 50.2 Å². The van der Waals surface area contributed by atoms with E-state index in [0.717, 1.165) is 24.9 Å². The molecular formula is C15H13BrINO. The molecule has 0 aliphatic heterocycles. The molecule has 2 rings (SSSR count). The van der Waals surface area contributed by atoms with Crippen LogP contribution in [-0.4, -0.2) is 5.91 Å². The summed E-state index contributed by atoms with van der Waals surface area (Å²) in [5.74, 6) is -0.0834. The molecule has 0 saturated heterocycles. The first-order valence-electron chi connectivity index (χ1n) is 5.81. The number of rotatable bonds is 2. The fraction of sp³-hybridized carbons (Fsp3) is 0.133. The van der Waals surface area contributed by atoms with Crippen LogP contribution in [0.2, 0.25) is 0 Å². The molecule has 98 valence electrons. The van der Waals surface area contributed by atoms with E-state index < -0.39 is 0 Å². The van der Waals surface area contributed by atoms with Crippen LogP contribution in [0.15, 0.2) is 40.9 Å². The van der Waals surface area contributed by atoms with Gasteiger partial charge in [-0.2, -0.15) is 0 Å². The van der Waals surface area contributed by atoms with Crippen molar-refractivity contribution in [3.8, 4) is 0 Å². The van der Waals surface area contributed by atoms with Gasteiger partial charge in [-0.25, -0.2) is 0 Å². The summed E-state index contributed by atoms with van der Waals surface area (Å²) < 4.78 is 2.17. The zero-order valence-corrected chi connectivity index (χ0v) is 14.4. The Morgan fingerprint density at radius 3 is 2.47 bits per heavy atom. The van der Waals surface area contributed by atoms with Crippen molar-refractivity contribution in [1.82, 2.24) is 0 Å². The van der Waals surface area contributed by atoms with Crippen molar-refractivity contribution in [3.63, 3.8) is 0 Å². The summed E-state index contributed by atoms with van der Waals surface area (Å²) in [6.07, 6.45) is 0. The van der Waals surface area contributed by atoms with E-state index >= 15 is 0 Å². The van der Waals surface area contributed by atoms with Crippen LogP contribution in [0.4, 0.5) is 5.69 Å². The zero-order valence-electron chi connectivity index (χ0n) is 10.6. The topological polar surface area (TPSA) is 29.1 Å². The predicted octanol–water partition coefficient (Wildman–Crippen LogP) is 4.92. The smallest absolute Gasteiger partial charge is 0.255 e. The van der Waals surface area contributed by atoms with E-state index in [2.05, 4.69) is 43.8 Å². The Morgan fingerprint density at radius 2 is 1.84 bits per heavy atom. The summed E-state index contributed by atoms with van der Waals surface area (Å²) in [4.78, 5) is 12.2.